The van der Waals surface area contributed by atoms with Gasteiger partial charge in [-0.2, -0.15) is 27.2 Å². The number of phenols is 1. The van der Waals surface area contributed by atoms with Gasteiger partial charge in [-0.3, -0.25) is 11.1 Å². The summed E-state index contributed by atoms with van der Waals surface area (Å²) in [6, 6.07) is 2.79. The van der Waals surface area contributed by atoms with E-state index >= 15 is 0 Å². The van der Waals surface area contributed by atoms with Gasteiger partial charge in [0.15, 0.2) is 0 Å². The van der Waals surface area contributed by atoms with Crippen molar-refractivity contribution in [2.24, 2.45) is 5.73 Å². The number of amides is 1. The maximum absolute atomic E-state index is 12.5. The Kier molecular flexibility index (Phi) is 16.9. The molecule has 0 saturated heterocycles. The van der Waals surface area contributed by atoms with Crippen molar-refractivity contribution in [2.75, 3.05) is 0 Å². The summed E-state index contributed by atoms with van der Waals surface area (Å²) >= 11 is 0. The molecule has 0 aliphatic carbocycles. The van der Waals surface area contributed by atoms with Crippen molar-refractivity contribution >= 4 is 12.2 Å². The molecular formula is C23H36N2O4U. The number of hydrogen-bond acceptors (Lipinski definition) is 5. The van der Waals surface area contributed by atoms with Crippen LogP contribution in [-0.2, 0) is 17.9 Å². The SMILES string of the molecule is C=C(N)C(CC[C-]=O)N1Cc2ccc(CO)c(O)c2C1=O.CCCC.C[C-](C)C.[U+2]. The largest absolute Gasteiger partial charge is 2.00 e. The van der Waals surface area contributed by atoms with E-state index in [2.05, 4.69) is 41.2 Å². The van der Waals surface area contributed by atoms with E-state index in [0.717, 1.165) is 0 Å². The van der Waals surface area contributed by atoms with E-state index in [9.17, 15) is 14.7 Å². The van der Waals surface area contributed by atoms with E-state index in [1.165, 1.54) is 23.7 Å². The van der Waals surface area contributed by atoms with Gasteiger partial charge >= 0.3 is 31.1 Å². The molecule has 1 aliphatic rings. The maximum Gasteiger partial charge on any atom is 2.00 e. The molecule has 2 rings (SSSR count). The summed E-state index contributed by atoms with van der Waals surface area (Å²) in [7, 11) is 0. The van der Waals surface area contributed by atoms with Crippen LogP contribution in [0.3, 0.4) is 0 Å². The summed E-state index contributed by atoms with van der Waals surface area (Å²) in [6.07, 6.45) is 4.90. The summed E-state index contributed by atoms with van der Waals surface area (Å²) in [6.45, 7) is 14.2. The standard InChI is InChI=1S/C15H17N2O4.C4H9.C4H10.U/c1-9(16)12(3-2-6-18)17-7-10-4-5-11(8-19)14(20)13(10)15(17)21;1-4(2)3;1-3-4-2;/h4-5,12,19-20H,1-3,7-8,16H2;1-3H3;3-4H2,1-2H3;/q2*-1;;+2. The molecule has 166 valence electrons. The third-order valence-electron chi connectivity index (χ3n) is 4.16. The van der Waals surface area contributed by atoms with E-state index in [1.54, 1.807) is 18.4 Å². The van der Waals surface area contributed by atoms with Crippen molar-refractivity contribution in [2.45, 2.75) is 79.5 Å². The molecule has 4 N–H and O–H groups in total. The Morgan fingerprint density at radius 2 is 1.83 bits per heavy atom. The molecule has 1 amide bonds. The summed E-state index contributed by atoms with van der Waals surface area (Å²) in [4.78, 5) is 24.4. The molecule has 1 aromatic carbocycles. The first-order valence-electron chi connectivity index (χ1n) is 9.97. The molecule has 6 nitrogen and oxygen atoms in total. The minimum Gasteiger partial charge on any atom is -0.542 e. The molecule has 0 aromatic heterocycles. The number of unbranched alkanes of at least 4 members (excludes halogenated alkanes) is 1. The first-order chi connectivity index (χ1) is 13.7. The number of benzene rings is 1. The Balaban J connectivity index is 0. The number of hydrogen-bond donors (Lipinski definition) is 3. The molecule has 7 heteroatoms. The second-order valence-corrected chi connectivity index (χ2v) is 7.47. The van der Waals surface area contributed by atoms with Crippen LogP contribution in [0.15, 0.2) is 24.4 Å². The fourth-order valence-corrected chi connectivity index (χ4v) is 2.56. The van der Waals surface area contributed by atoms with E-state index in [-0.39, 0.29) is 73.6 Å². The predicted molar refractivity (Wildman–Crippen MR) is 117 cm³/mol. The van der Waals surface area contributed by atoms with Gasteiger partial charge < -0.3 is 31.6 Å². The average Bonchev–Trinajstić information content (AvgIpc) is 2.99. The van der Waals surface area contributed by atoms with Crippen molar-refractivity contribution in [1.29, 1.82) is 0 Å². The first-order valence-corrected chi connectivity index (χ1v) is 9.97. The quantitative estimate of drug-likeness (QED) is 0.391. The topological polar surface area (TPSA) is 104 Å². The second kappa shape index (κ2) is 16.4. The number of fused-ring (bicyclic) bond motifs is 1. The third-order valence-corrected chi connectivity index (χ3v) is 4.16. The van der Waals surface area contributed by atoms with Crippen molar-refractivity contribution in [3.05, 3.63) is 47.0 Å². The molecule has 0 saturated carbocycles. The number of nitrogens with zero attached hydrogens (tertiary/aromatic N) is 1. The summed E-state index contributed by atoms with van der Waals surface area (Å²) < 4.78 is 0. The minimum atomic E-state index is -0.483. The molecule has 0 bridgehead atoms. The van der Waals surface area contributed by atoms with Gasteiger partial charge in [-0.1, -0.05) is 51.8 Å². The Hall–Kier alpha value is -1.29. The molecule has 1 aliphatic heterocycles. The summed E-state index contributed by atoms with van der Waals surface area (Å²) in [5.74, 6) is 0.839. The van der Waals surface area contributed by atoms with Gasteiger partial charge in [0.1, 0.15) is 5.75 Å². The van der Waals surface area contributed by atoms with Crippen LogP contribution in [0.25, 0.3) is 0 Å². The van der Waals surface area contributed by atoms with Crippen LogP contribution in [0.5, 0.6) is 5.75 Å². The van der Waals surface area contributed by atoms with Crippen molar-refractivity contribution in [1.82, 2.24) is 4.90 Å². The molecule has 1 aromatic rings. The Labute approximate surface area is 205 Å². The van der Waals surface area contributed by atoms with E-state index in [4.69, 9.17) is 10.8 Å². The monoisotopic (exact) mass is 642 g/mol. The van der Waals surface area contributed by atoms with Crippen LogP contribution in [0, 0.1) is 37.0 Å². The second-order valence-electron chi connectivity index (χ2n) is 7.47. The van der Waals surface area contributed by atoms with Gasteiger partial charge in [-0.15, -0.1) is 0 Å². The van der Waals surface area contributed by atoms with Crippen LogP contribution in [0.2, 0.25) is 0 Å². The van der Waals surface area contributed by atoms with Gasteiger partial charge in [0.2, 0.25) is 0 Å². The van der Waals surface area contributed by atoms with Gasteiger partial charge in [0, 0.05) is 17.8 Å². The Bertz CT molecular complexity index is 673. The van der Waals surface area contributed by atoms with Crippen molar-refractivity contribution in [3.8, 4) is 5.75 Å². The number of nitrogens with two attached hydrogens (primary N) is 1. The van der Waals surface area contributed by atoms with Crippen molar-refractivity contribution < 1.29 is 50.9 Å². The number of aliphatic hydroxyl groups is 1. The fourth-order valence-electron chi connectivity index (χ4n) is 2.56. The molecule has 0 spiro atoms. The van der Waals surface area contributed by atoms with Crippen LogP contribution in [0.1, 0.15) is 81.8 Å². The summed E-state index contributed by atoms with van der Waals surface area (Å²) in [5.41, 5.74) is 7.16. The number of rotatable bonds is 7. The molecule has 1 unspecified atom stereocenters. The normalized spacial score (nSPS) is 12.6. The Morgan fingerprint density at radius 3 is 2.23 bits per heavy atom. The fraction of sp³-hybridized carbons (Fsp3) is 0.522. The van der Waals surface area contributed by atoms with Gasteiger partial charge in [0.05, 0.1) is 18.2 Å². The third kappa shape index (κ3) is 9.68. The van der Waals surface area contributed by atoms with Crippen LogP contribution >= 0.6 is 0 Å². The molecule has 30 heavy (non-hydrogen) atoms. The van der Waals surface area contributed by atoms with Gasteiger partial charge in [0.25, 0.3) is 5.91 Å². The van der Waals surface area contributed by atoms with Gasteiger partial charge in [-0.05, 0) is 5.56 Å². The minimum absolute atomic E-state index is 0. The van der Waals surface area contributed by atoms with Crippen LogP contribution < -0.4 is 5.73 Å². The van der Waals surface area contributed by atoms with E-state index in [0.29, 0.717) is 17.5 Å². The van der Waals surface area contributed by atoms with E-state index in [1.807, 2.05) is 0 Å². The number of carbonyl (C=O) groups is 1. The molecule has 1 heterocycles. The number of carbonyl (C=O) groups excluding carboxylic acids is 2. The first kappa shape index (κ1) is 30.9. The number of aromatic hydroxyl groups is 1. The maximum atomic E-state index is 12.5. The van der Waals surface area contributed by atoms with E-state index < -0.39 is 6.04 Å². The Morgan fingerprint density at radius 1 is 1.30 bits per heavy atom. The number of aliphatic hydroxyl groups excluding tert-OH is 1. The van der Waals surface area contributed by atoms with Gasteiger partial charge in [-0.25, -0.2) is 0 Å². The zero-order valence-corrected chi connectivity index (χ0v) is 23.1. The zero-order valence-electron chi connectivity index (χ0n) is 18.9. The molecule has 0 fully saturated rings. The zero-order chi connectivity index (χ0) is 22.6. The molecular weight excluding hydrogens is 606 g/mol. The smallest absolute Gasteiger partial charge is 0.542 e. The summed E-state index contributed by atoms with van der Waals surface area (Å²) in [5, 5.41) is 19.2. The molecule has 1 atom stereocenters. The average molecular weight is 643 g/mol. The van der Waals surface area contributed by atoms with Crippen LogP contribution in [-0.4, -0.2) is 33.3 Å². The van der Waals surface area contributed by atoms with Crippen LogP contribution in [0.4, 0.5) is 0 Å². The predicted octanol–water partition coefficient (Wildman–Crippen LogP) is 4.00. The molecule has 0 radical (unpaired) electrons. The van der Waals surface area contributed by atoms with Crippen molar-refractivity contribution in [3.63, 3.8) is 0 Å².